The van der Waals surface area contributed by atoms with Crippen LogP contribution in [0.5, 0.6) is 0 Å². The third-order valence-electron chi connectivity index (χ3n) is 1.31. The van der Waals surface area contributed by atoms with Gasteiger partial charge in [-0.3, -0.25) is 0 Å². The number of rotatable bonds is 6. The van der Waals surface area contributed by atoms with E-state index in [0.717, 1.165) is 0 Å². The molecule has 0 heterocycles. The van der Waals surface area contributed by atoms with Crippen LogP contribution in [0.3, 0.4) is 0 Å². The van der Waals surface area contributed by atoms with Crippen LogP contribution < -0.4 is 0 Å². The van der Waals surface area contributed by atoms with Crippen LogP contribution in [0.25, 0.3) is 0 Å². The van der Waals surface area contributed by atoms with E-state index in [1.165, 1.54) is 0 Å². The van der Waals surface area contributed by atoms with E-state index < -0.39 is 16.0 Å². The molecule has 0 saturated carbocycles. The molecule has 0 aliphatic rings. The summed E-state index contributed by atoms with van der Waals surface area (Å²) < 4.78 is 7.66. The van der Waals surface area contributed by atoms with E-state index in [1.54, 1.807) is 13.8 Å². The first-order valence-electron chi connectivity index (χ1n) is 4.02. The van der Waals surface area contributed by atoms with Crippen LogP contribution in [0, 0.1) is 0 Å². The number of ether oxygens (including phenoxy) is 2. The molecule has 0 N–H and O–H groups in total. The van der Waals surface area contributed by atoms with Gasteiger partial charge in [0.25, 0.3) is 4.08 Å². The maximum Gasteiger partial charge on any atom is 0.346 e. The topological polar surface area (TPSA) is 52.6 Å². The number of hydrogen-bond acceptors (Lipinski definition) is 6. The Morgan fingerprint density at radius 2 is 1.40 bits per heavy atom. The SMILES string of the molecule is CCOC(=O)C(SCl)(SCl)C(=O)OCC. The molecule has 0 unspecified atom stereocenters. The Morgan fingerprint density at radius 1 is 1.07 bits per heavy atom. The summed E-state index contributed by atoms with van der Waals surface area (Å²) in [5, 5.41) is 0. The van der Waals surface area contributed by atoms with Crippen LogP contribution >= 0.6 is 43.3 Å². The Hall–Kier alpha value is 0.220. The fourth-order valence-corrected chi connectivity index (χ4v) is 2.87. The fourth-order valence-electron chi connectivity index (χ4n) is 0.673. The van der Waals surface area contributed by atoms with Crippen LogP contribution in [0.4, 0.5) is 0 Å². The maximum absolute atomic E-state index is 11.5. The number of hydrogen-bond donors (Lipinski definition) is 0. The Labute approximate surface area is 105 Å². The first kappa shape index (κ1) is 15.2. The lowest BCUT2D eigenvalue weighted by Crippen LogP contribution is -2.41. The average Bonchev–Trinajstić information content (AvgIpc) is 2.21. The third kappa shape index (κ3) is 3.62. The third-order valence-corrected chi connectivity index (χ3v) is 4.84. The van der Waals surface area contributed by atoms with Crippen molar-refractivity contribution < 1.29 is 19.1 Å². The highest BCUT2D eigenvalue weighted by Crippen LogP contribution is 2.44. The normalized spacial score (nSPS) is 10.9. The van der Waals surface area contributed by atoms with Crippen molar-refractivity contribution in [2.75, 3.05) is 13.2 Å². The van der Waals surface area contributed by atoms with Crippen molar-refractivity contribution in [3.8, 4) is 0 Å². The summed E-state index contributed by atoms with van der Waals surface area (Å²) in [6.45, 7) is 3.50. The van der Waals surface area contributed by atoms with Crippen LogP contribution in [0.15, 0.2) is 0 Å². The molecule has 0 fully saturated rings. The molecule has 88 valence electrons. The van der Waals surface area contributed by atoms with Crippen molar-refractivity contribution in [1.82, 2.24) is 0 Å². The zero-order valence-corrected chi connectivity index (χ0v) is 11.3. The molecule has 0 saturated heterocycles. The highest BCUT2D eigenvalue weighted by molar-refractivity contribution is 8.39. The van der Waals surface area contributed by atoms with Crippen molar-refractivity contribution in [1.29, 1.82) is 0 Å². The molecule has 0 rings (SSSR count). The summed E-state index contributed by atoms with van der Waals surface area (Å²) in [7, 11) is 11.9. The van der Waals surface area contributed by atoms with Gasteiger partial charge in [-0.15, -0.1) is 0 Å². The van der Waals surface area contributed by atoms with Crippen molar-refractivity contribution in [3.63, 3.8) is 0 Å². The summed E-state index contributed by atoms with van der Waals surface area (Å²) in [6.07, 6.45) is 0. The summed E-state index contributed by atoms with van der Waals surface area (Å²) in [4.78, 5) is 23.0. The first-order valence-corrected chi connectivity index (χ1v) is 7.31. The van der Waals surface area contributed by atoms with E-state index in [4.69, 9.17) is 30.8 Å². The lowest BCUT2D eigenvalue weighted by molar-refractivity contribution is -0.154. The van der Waals surface area contributed by atoms with Crippen molar-refractivity contribution in [2.24, 2.45) is 0 Å². The molecule has 8 heteroatoms. The van der Waals surface area contributed by atoms with E-state index in [2.05, 4.69) is 0 Å². The van der Waals surface area contributed by atoms with E-state index in [-0.39, 0.29) is 13.2 Å². The van der Waals surface area contributed by atoms with E-state index in [1.807, 2.05) is 0 Å². The first-order chi connectivity index (χ1) is 7.08. The second-order valence-corrected chi connectivity index (χ2v) is 4.93. The van der Waals surface area contributed by atoms with Gasteiger partial charge in [-0.1, -0.05) is 0 Å². The van der Waals surface area contributed by atoms with Crippen LogP contribution in [0.2, 0.25) is 0 Å². The molecule has 4 nitrogen and oxygen atoms in total. The summed E-state index contributed by atoms with van der Waals surface area (Å²) >= 11 is 0. The average molecular weight is 293 g/mol. The number of halogens is 2. The molecule has 0 amide bonds. The quantitative estimate of drug-likeness (QED) is 0.426. The number of esters is 2. The van der Waals surface area contributed by atoms with Gasteiger partial charge in [0.15, 0.2) is 0 Å². The summed E-state index contributed by atoms with van der Waals surface area (Å²) in [5.41, 5.74) is 0. The Morgan fingerprint density at radius 3 is 1.60 bits per heavy atom. The fraction of sp³-hybridized carbons (Fsp3) is 0.714. The largest absolute Gasteiger partial charge is 0.464 e. The smallest absolute Gasteiger partial charge is 0.346 e. The Bertz CT molecular complexity index is 213. The van der Waals surface area contributed by atoms with Gasteiger partial charge >= 0.3 is 11.9 Å². The predicted octanol–water partition coefficient (Wildman–Crippen LogP) is 2.58. The Kier molecular flexibility index (Phi) is 7.60. The molecule has 0 radical (unpaired) electrons. The van der Waals surface area contributed by atoms with Gasteiger partial charge in [0, 0.05) is 0 Å². The number of carbonyl (C=O) groups excluding carboxylic acids is 2. The highest BCUT2D eigenvalue weighted by Gasteiger charge is 2.51. The molecule has 0 aromatic rings. The minimum absolute atomic E-state index is 0.134. The van der Waals surface area contributed by atoms with Crippen LogP contribution in [-0.4, -0.2) is 29.2 Å². The van der Waals surface area contributed by atoms with Gasteiger partial charge in [0.05, 0.1) is 13.2 Å². The molecule has 0 aliphatic carbocycles. The molecule has 15 heavy (non-hydrogen) atoms. The van der Waals surface area contributed by atoms with Crippen molar-refractivity contribution in [3.05, 3.63) is 0 Å². The molecule has 0 aromatic carbocycles. The highest BCUT2D eigenvalue weighted by atomic mass is 35.7. The van der Waals surface area contributed by atoms with Gasteiger partial charge in [0.1, 0.15) is 0 Å². The van der Waals surface area contributed by atoms with Crippen LogP contribution in [-0.2, 0) is 19.1 Å². The minimum Gasteiger partial charge on any atom is -0.464 e. The van der Waals surface area contributed by atoms with Crippen molar-refractivity contribution in [2.45, 2.75) is 17.9 Å². The molecular formula is C7H10Cl2O4S2. The zero-order chi connectivity index (χ0) is 11.9. The second-order valence-electron chi connectivity index (χ2n) is 2.21. The lowest BCUT2D eigenvalue weighted by Gasteiger charge is -2.21. The van der Waals surface area contributed by atoms with E-state index in [0.29, 0.717) is 22.0 Å². The van der Waals surface area contributed by atoms with Gasteiger partial charge in [-0.2, -0.15) is 0 Å². The zero-order valence-electron chi connectivity index (χ0n) is 8.12. The summed E-state index contributed by atoms with van der Waals surface area (Å²) in [6, 6.07) is 0. The lowest BCUT2D eigenvalue weighted by atomic mass is 10.4. The standard InChI is InChI=1S/C7H10Cl2O4S2/c1-3-12-5(10)7(14-8,15-9)6(11)13-4-2/h3-4H2,1-2H3. The number of carbonyl (C=O) groups is 2. The minimum atomic E-state index is -1.75. The van der Waals surface area contributed by atoms with E-state index in [9.17, 15) is 9.59 Å². The Balaban J connectivity index is 4.86. The van der Waals surface area contributed by atoms with Crippen molar-refractivity contribution >= 4 is 55.3 Å². The second kappa shape index (κ2) is 7.49. The molecule has 0 bridgehead atoms. The monoisotopic (exact) mass is 292 g/mol. The van der Waals surface area contributed by atoms with Gasteiger partial charge in [0.2, 0.25) is 0 Å². The van der Waals surface area contributed by atoms with Gasteiger partial charge in [-0.05, 0) is 57.2 Å². The molecular weight excluding hydrogens is 283 g/mol. The predicted molar refractivity (Wildman–Crippen MR) is 62.9 cm³/mol. The van der Waals surface area contributed by atoms with Crippen LogP contribution in [0.1, 0.15) is 13.8 Å². The molecule has 0 atom stereocenters. The maximum atomic E-state index is 11.5. The molecule has 0 aromatic heterocycles. The van der Waals surface area contributed by atoms with E-state index >= 15 is 0 Å². The summed E-state index contributed by atoms with van der Waals surface area (Å²) in [5.74, 6) is -1.63. The molecule has 0 spiro atoms. The molecule has 0 aliphatic heterocycles. The van der Waals surface area contributed by atoms with Gasteiger partial charge < -0.3 is 9.47 Å². The van der Waals surface area contributed by atoms with Gasteiger partial charge in [-0.25, -0.2) is 9.59 Å².